The second-order valence-corrected chi connectivity index (χ2v) is 8.68. The Kier molecular flexibility index (Phi) is 4.02. The Morgan fingerprint density at radius 1 is 1.15 bits per heavy atom. The first-order chi connectivity index (χ1) is 13.2. The van der Waals surface area contributed by atoms with Gasteiger partial charge in [0.15, 0.2) is 0 Å². The summed E-state index contributed by atoms with van der Waals surface area (Å²) in [5.41, 5.74) is 2.21. The number of imidazole rings is 1. The number of nitrogens with zero attached hydrogens (tertiary/aromatic N) is 2. The maximum absolute atomic E-state index is 12.6. The molecule has 0 bridgehead atoms. The van der Waals surface area contributed by atoms with E-state index in [1.807, 2.05) is 33.7 Å². The maximum atomic E-state index is 12.6. The van der Waals surface area contributed by atoms with Crippen molar-refractivity contribution in [3.63, 3.8) is 0 Å². The Balaban J connectivity index is 1.20. The van der Waals surface area contributed by atoms with Gasteiger partial charge in [-0.15, -0.1) is 0 Å². The third-order valence-corrected chi connectivity index (χ3v) is 7.13. The molecule has 5 rings (SSSR count). The van der Waals surface area contributed by atoms with Crippen LogP contribution in [0.2, 0.25) is 0 Å². The van der Waals surface area contributed by atoms with E-state index in [2.05, 4.69) is 10.3 Å². The average molecular weight is 368 g/mol. The topological polar surface area (TPSA) is 70.1 Å². The summed E-state index contributed by atoms with van der Waals surface area (Å²) in [7, 11) is 0. The fraction of sp³-hybridized carbons (Fsp3) is 0.619. The highest BCUT2D eigenvalue weighted by Gasteiger charge is 2.49. The summed E-state index contributed by atoms with van der Waals surface area (Å²) in [5.74, 6) is 0.853. The number of hydrogen-bond acceptors (Lipinski definition) is 2. The number of likely N-dealkylation sites (tertiary alicyclic amines) is 1. The van der Waals surface area contributed by atoms with Gasteiger partial charge in [0.05, 0.1) is 11.0 Å². The van der Waals surface area contributed by atoms with Crippen LogP contribution < -0.4 is 11.0 Å². The van der Waals surface area contributed by atoms with E-state index in [4.69, 9.17) is 0 Å². The predicted octanol–water partition coefficient (Wildman–Crippen LogP) is 3.26. The third-order valence-electron chi connectivity index (χ3n) is 7.13. The van der Waals surface area contributed by atoms with Gasteiger partial charge in [-0.3, -0.25) is 4.57 Å². The number of carbonyl (C=O) groups excluding carboxylic acids is 1. The summed E-state index contributed by atoms with van der Waals surface area (Å²) in [5, 5.41) is 3.22. The Labute approximate surface area is 158 Å². The van der Waals surface area contributed by atoms with Crippen molar-refractivity contribution in [1.82, 2.24) is 19.8 Å². The van der Waals surface area contributed by atoms with Gasteiger partial charge < -0.3 is 15.2 Å². The van der Waals surface area contributed by atoms with Crippen LogP contribution in [-0.4, -0.2) is 40.1 Å². The number of benzene rings is 1. The van der Waals surface area contributed by atoms with Crippen LogP contribution in [0.4, 0.5) is 4.79 Å². The standard InChI is InChI=1S/C21H28N4O2/c26-19(22-14-21(10-3-11-21)15-6-7-15)24-12-8-16(9-13-24)25-18-5-2-1-4-17(18)23-20(25)27/h1-2,4-5,15-16H,3,6-14H2,(H,22,26)(H,23,27). The van der Waals surface area contributed by atoms with E-state index in [-0.39, 0.29) is 17.8 Å². The predicted molar refractivity (Wildman–Crippen MR) is 105 cm³/mol. The van der Waals surface area contributed by atoms with E-state index in [9.17, 15) is 9.59 Å². The first-order valence-corrected chi connectivity index (χ1v) is 10.4. The van der Waals surface area contributed by atoms with Gasteiger partial charge in [-0.2, -0.15) is 0 Å². The van der Waals surface area contributed by atoms with E-state index >= 15 is 0 Å². The minimum absolute atomic E-state index is 0.0459. The quantitative estimate of drug-likeness (QED) is 0.870. The number of H-pyrrole nitrogens is 1. The molecule has 1 aromatic carbocycles. The summed E-state index contributed by atoms with van der Waals surface area (Å²) in [6, 6.07) is 8.05. The van der Waals surface area contributed by atoms with E-state index in [0.717, 1.165) is 36.3 Å². The first kappa shape index (κ1) is 16.9. The molecule has 3 aliphatic rings. The molecule has 1 saturated heterocycles. The number of amides is 2. The number of hydrogen-bond donors (Lipinski definition) is 2. The normalized spacial score (nSPS) is 22.6. The SMILES string of the molecule is O=C(NCC1(C2CC2)CCC1)N1CCC(n2c(=O)[nH]c3ccccc32)CC1. The zero-order valence-electron chi connectivity index (χ0n) is 15.7. The molecule has 2 heterocycles. The highest BCUT2D eigenvalue weighted by molar-refractivity contribution is 5.75. The van der Waals surface area contributed by atoms with E-state index in [0.29, 0.717) is 18.5 Å². The smallest absolute Gasteiger partial charge is 0.326 e. The molecule has 27 heavy (non-hydrogen) atoms. The summed E-state index contributed by atoms with van der Waals surface area (Å²) < 4.78 is 1.88. The molecule has 2 N–H and O–H groups in total. The molecule has 2 saturated carbocycles. The summed E-state index contributed by atoms with van der Waals surface area (Å²) in [6.45, 7) is 2.26. The molecule has 0 spiro atoms. The second-order valence-electron chi connectivity index (χ2n) is 8.68. The van der Waals surface area contributed by atoms with Crippen molar-refractivity contribution in [2.24, 2.45) is 11.3 Å². The summed E-state index contributed by atoms with van der Waals surface area (Å²) in [6.07, 6.45) is 8.22. The van der Waals surface area contributed by atoms with Crippen molar-refractivity contribution in [2.45, 2.75) is 51.0 Å². The fourth-order valence-corrected chi connectivity index (χ4v) is 5.18. The minimum Gasteiger partial charge on any atom is -0.337 e. The Bertz CT molecular complexity index is 898. The third kappa shape index (κ3) is 2.95. The molecule has 2 amide bonds. The van der Waals surface area contributed by atoms with Gasteiger partial charge in [0.1, 0.15) is 0 Å². The van der Waals surface area contributed by atoms with Crippen LogP contribution in [0.25, 0.3) is 11.0 Å². The molecule has 0 radical (unpaired) electrons. The minimum atomic E-state index is -0.0459. The van der Waals surface area contributed by atoms with Crippen LogP contribution in [0, 0.1) is 11.3 Å². The summed E-state index contributed by atoms with van der Waals surface area (Å²) in [4.78, 5) is 29.9. The molecule has 1 aromatic heterocycles. The molecular weight excluding hydrogens is 340 g/mol. The zero-order chi connectivity index (χ0) is 18.4. The first-order valence-electron chi connectivity index (χ1n) is 10.4. The molecule has 6 heteroatoms. The van der Waals surface area contributed by atoms with Crippen molar-refractivity contribution in [3.8, 4) is 0 Å². The Morgan fingerprint density at radius 2 is 1.89 bits per heavy atom. The van der Waals surface area contributed by atoms with Crippen LogP contribution in [-0.2, 0) is 0 Å². The summed E-state index contributed by atoms with van der Waals surface area (Å²) >= 11 is 0. The van der Waals surface area contributed by atoms with Gasteiger partial charge in [0.2, 0.25) is 0 Å². The monoisotopic (exact) mass is 368 g/mol. The largest absolute Gasteiger partial charge is 0.337 e. The lowest BCUT2D eigenvalue weighted by Crippen LogP contribution is -2.50. The second kappa shape index (κ2) is 6.43. The number of para-hydroxylation sites is 2. The van der Waals surface area contributed by atoms with Crippen molar-refractivity contribution in [1.29, 1.82) is 0 Å². The van der Waals surface area contributed by atoms with Gasteiger partial charge in [0.25, 0.3) is 0 Å². The molecule has 144 valence electrons. The van der Waals surface area contributed by atoms with Gasteiger partial charge >= 0.3 is 11.7 Å². The fourth-order valence-electron chi connectivity index (χ4n) is 5.18. The number of aromatic nitrogens is 2. The number of urea groups is 1. The van der Waals surface area contributed by atoms with Crippen LogP contribution in [0.1, 0.15) is 51.0 Å². The number of rotatable bonds is 4. The Hall–Kier alpha value is -2.24. The lowest BCUT2D eigenvalue weighted by atomic mass is 9.65. The highest BCUT2D eigenvalue weighted by atomic mass is 16.2. The van der Waals surface area contributed by atoms with Crippen LogP contribution in [0.15, 0.2) is 29.1 Å². The molecule has 2 aliphatic carbocycles. The Morgan fingerprint density at radius 3 is 2.56 bits per heavy atom. The molecule has 0 atom stereocenters. The van der Waals surface area contributed by atoms with Crippen molar-refractivity contribution >= 4 is 17.1 Å². The number of piperidine rings is 1. The molecular formula is C21H28N4O2. The van der Waals surface area contributed by atoms with Gasteiger partial charge in [-0.25, -0.2) is 9.59 Å². The van der Waals surface area contributed by atoms with Crippen molar-refractivity contribution in [3.05, 3.63) is 34.7 Å². The van der Waals surface area contributed by atoms with Crippen LogP contribution in [0.5, 0.6) is 0 Å². The molecule has 2 aromatic rings. The van der Waals surface area contributed by atoms with Crippen molar-refractivity contribution in [2.75, 3.05) is 19.6 Å². The zero-order valence-corrected chi connectivity index (χ0v) is 15.7. The molecule has 6 nitrogen and oxygen atoms in total. The number of aromatic amines is 1. The van der Waals surface area contributed by atoms with Gasteiger partial charge in [-0.1, -0.05) is 18.6 Å². The van der Waals surface area contributed by atoms with Crippen LogP contribution >= 0.6 is 0 Å². The molecule has 0 unspecified atom stereocenters. The molecule has 1 aliphatic heterocycles. The number of carbonyl (C=O) groups is 1. The average Bonchev–Trinajstić information content (AvgIpc) is 3.43. The number of nitrogens with one attached hydrogen (secondary N) is 2. The van der Waals surface area contributed by atoms with Crippen molar-refractivity contribution < 1.29 is 4.79 Å². The lowest BCUT2D eigenvalue weighted by molar-refractivity contribution is 0.0959. The maximum Gasteiger partial charge on any atom is 0.326 e. The van der Waals surface area contributed by atoms with Crippen LogP contribution in [0.3, 0.4) is 0 Å². The van der Waals surface area contributed by atoms with E-state index < -0.39 is 0 Å². The van der Waals surface area contributed by atoms with Gasteiger partial charge in [-0.05, 0) is 62.0 Å². The van der Waals surface area contributed by atoms with E-state index in [1.54, 1.807) is 0 Å². The number of fused-ring (bicyclic) bond motifs is 1. The lowest BCUT2D eigenvalue weighted by Gasteiger charge is -2.43. The highest BCUT2D eigenvalue weighted by Crippen LogP contribution is 2.56. The molecule has 3 fully saturated rings. The van der Waals surface area contributed by atoms with E-state index in [1.165, 1.54) is 32.1 Å². The van der Waals surface area contributed by atoms with Gasteiger partial charge in [0, 0.05) is 25.7 Å².